The number of alkyl halides is 3. The van der Waals surface area contributed by atoms with Crippen molar-refractivity contribution in [1.82, 2.24) is 5.32 Å². The number of halogens is 5. The molecule has 0 fully saturated rings. The van der Waals surface area contributed by atoms with Gasteiger partial charge in [-0.2, -0.15) is 13.2 Å². The number of carbonyl (C=O) groups excluding carboxylic acids is 2. The Kier molecular flexibility index (Phi) is 8.44. The van der Waals surface area contributed by atoms with Crippen molar-refractivity contribution in [3.63, 3.8) is 0 Å². The number of esters is 1. The molecule has 206 valence electrons. The van der Waals surface area contributed by atoms with Gasteiger partial charge in [-0.15, -0.1) is 0 Å². The molecule has 0 bridgehead atoms. The van der Waals surface area contributed by atoms with Crippen LogP contribution >= 0.6 is 11.6 Å². The van der Waals surface area contributed by atoms with Gasteiger partial charge in [-0.3, -0.25) is 4.79 Å². The van der Waals surface area contributed by atoms with Gasteiger partial charge in [0.15, 0.2) is 0 Å². The number of phenolic OH excluding ortho intramolecular Hbond substituents is 1. The third kappa shape index (κ3) is 6.60. The van der Waals surface area contributed by atoms with Gasteiger partial charge < -0.3 is 15.2 Å². The van der Waals surface area contributed by atoms with Crippen LogP contribution in [-0.2, 0) is 22.1 Å². The van der Waals surface area contributed by atoms with E-state index in [0.29, 0.717) is 11.1 Å². The number of amides is 1. The number of phenols is 1. The zero-order chi connectivity index (χ0) is 29.0. The first-order valence-electron chi connectivity index (χ1n) is 11.9. The third-order valence-electron chi connectivity index (χ3n) is 6.20. The van der Waals surface area contributed by atoms with Gasteiger partial charge in [-0.1, -0.05) is 60.1 Å². The standard InChI is InChI=1S/C30H22ClF4NO4/c1-40-29(39)26(13-17-5-7-18(8-6-17)21-9-11-25(32)24(31)16-21)36-28(38)23-15-20(10-12-27(23)37)19-3-2-4-22(14-19)30(33,34)35/h2-12,14-16,26,37H,13H2,1H3,(H,36,38)/t26-/m0/s1. The first kappa shape index (κ1) is 28.6. The van der Waals surface area contributed by atoms with E-state index in [0.717, 1.165) is 24.8 Å². The second-order valence-electron chi connectivity index (χ2n) is 8.89. The van der Waals surface area contributed by atoms with Crippen molar-refractivity contribution >= 4 is 23.5 Å². The quantitative estimate of drug-likeness (QED) is 0.184. The topological polar surface area (TPSA) is 75.6 Å². The summed E-state index contributed by atoms with van der Waals surface area (Å²) in [7, 11) is 1.16. The number of methoxy groups -OCH3 is 1. The van der Waals surface area contributed by atoms with E-state index < -0.39 is 41.2 Å². The van der Waals surface area contributed by atoms with Crippen LogP contribution in [0.1, 0.15) is 21.5 Å². The first-order valence-corrected chi connectivity index (χ1v) is 12.3. The number of benzene rings is 4. The molecule has 0 saturated carbocycles. The summed E-state index contributed by atoms with van der Waals surface area (Å²) in [6.45, 7) is 0. The van der Waals surface area contributed by atoms with E-state index in [1.807, 2.05) is 0 Å². The summed E-state index contributed by atoms with van der Waals surface area (Å²) >= 11 is 5.86. The SMILES string of the molecule is COC(=O)[C@H](Cc1ccc(-c2ccc(F)c(Cl)c2)cc1)NC(=O)c1cc(-c2cccc(C(F)(F)F)c2)ccc1O. The van der Waals surface area contributed by atoms with Crippen LogP contribution < -0.4 is 5.32 Å². The lowest BCUT2D eigenvalue weighted by Crippen LogP contribution is -2.43. The predicted octanol–water partition coefficient (Wildman–Crippen LogP) is 7.05. The molecular weight excluding hydrogens is 550 g/mol. The molecule has 0 aromatic heterocycles. The fourth-order valence-electron chi connectivity index (χ4n) is 4.09. The van der Waals surface area contributed by atoms with E-state index >= 15 is 0 Å². The van der Waals surface area contributed by atoms with E-state index in [2.05, 4.69) is 5.32 Å². The van der Waals surface area contributed by atoms with Crippen molar-refractivity contribution in [2.45, 2.75) is 18.6 Å². The molecule has 0 aliphatic rings. The Morgan fingerprint density at radius 3 is 2.17 bits per heavy atom. The molecule has 4 aromatic rings. The molecule has 0 aliphatic heterocycles. The molecule has 10 heteroatoms. The Hall–Kier alpha value is -4.37. The van der Waals surface area contributed by atoms with E-state index in [9.17, 15) is 32.3 Å². The average Bonchev–Trinajstić information content (AvgIpc) is 2.94. The predicted molar refractivity (Wildman–Crippen MR) is 142 cm³/mol. The molecule has 1 amide bonds. The largest absolute Gasteiger partial charge is 0.507 e. The molecule has 2 N–H and O–H groups in total. The molecule has 5 nitrogen and oxygen atoms in total. The monoisotopic (exact) mass is 571 g/mol. The second-order valence-corrected chi connectivity index (χ2v) is 9.30. The van der Waals surface area contributed by atoms with E-state index in [1.54, 1.807) is 30.3 Å². The van der Waals surface area contributed by atoms with Crippen LogP contribution in [0.4, 0.5) is 17.6 Å². The Bertz CT molecular complexity index is 1550. The van der Waals surface area contributed by atoms with E-state index in [-0.39, 0.29) is 28.1 Å². The molecule has 0 unspecified atom stereocenters. The summed E-state index contributed by atoms with van der Waals surface area (Å²) in [6.07, 6.45) is -4.51. The van der Waals surface area contributed by atoms with Crippen molar-refractivity contribution in [2.24, 2.45) is 0 Å². The Balaban J connectivity index is 1.55. The molecule has 0 spiro atoms. The van der Waals surface area contributed by atoms with Gasteiger partial charge in [-0.05, 0) is 64.2 Å². The minimum Gasteiger partial charge on any atom is -0.507 e. The van der Waals surface area contributed by atoms with Gasteiger partial charge >= 0.3 is 12.1 Å². The number of hydrogen-bond acceptors (Lipinski definition) is 4. The highest BCUT2D eigenvalue weighted by atomic mass is 35.5. The summed E-state index contributed by atoms with van der Waals surface area (Å²) in [5.74, 6) is -2.51. The van der Waals surface area contributed by atoms with Crippen molar-refractivity contribution in [3.8, 4) is 28.0 Å². The Morgan fingerprint density at radius 1 is 0.900 bits per heavy atom. The van der Waals surface area contributed by atoms with Crippen LogP contribution in [0.25, 0.3) is 22.3 Å². The van der Waals surface area contributed by atoms with Crippen LogP contribution in [0.3, 0.4) is 0 Å². The summed E-state index contributed by atoms with van der Waals surface area (Å²) in [5.41, 5.74) is 1.47. The van der Waals surface area contributed by atoms with Gasteiger partial charge in [0, 0.05) is 6.42 Å². The maximum Gasteiger partial charge on any atom is 0.416 e. The maximum atomic E-state index is 13.5. The zero-order valence-electron chi connectivity index (χ0n) is 20.9. The number of carbonyl (C=O) groups is 2. The molecule has 0 saturated heterocycles. The van der Waals surface area contributed by atoms with Gasteiger partial charge in [0.05, 0.1) is 23.3 Å². The second kappa shape index (κ2) is 11.8. The van der Waals surface area contributed by atoms with Crippen LogP contribution in [0, 0.1) is 5.82 Å². The smallest absolute Gasteiger partial charge is 0.416 e. The molecule has 4 rings (SSSR count). The summed E-state index contributed by atoms with van der Waals surface area (Å²) in [5, 5.41) is 12.8. The number of ether oxygens (including phenoxy) is 1. The molecular formula is C30H22ClF4NO4. The minimum absolute atomic E-state index is 0.0181. The van der Waals surface area contributed by atoms with Crippen molar-refractivity contribution in [1.29, 1.82) is 0 Å². The van der Waals surface area contributed by atoms with Crippen LogP contribution in [-0.4, -0.2) is 30.1 Å². The Labute approximate surface area is 232 Å². The lowest BCUT2D eigenvalue weighted by molar-refractivity contribution is -0.143. The molecule has 1 atom stereocenters. The number of rotatable bonds is 7. The third-order valence-corrected chi connectivity index (χ3v) is 6.49. The van der Waals surface area contributed by atoms with Gasteiger partial charge in [0.25, 0.3) is 5.91 Å². The van der Waals surface area contributed by atoms with E-state index in [4.69, 9.17) is 16.3 Å². The summed E-state index contributed by atoms with van der Waals surface area (Å²) in [6, 6.07) is 18.5. The fourth-order valence-corrected chi connectivity index (χ4v) is 4.27. The van der Waals surface area contributed by atoms with Crippen molar-refractivity contribution in [2.75, 3.05) is 7.11 Å². The molecule has 0 heterocycles. The average molecular weight is 572 g/mol. The molecule has 0 aliphatic carbocycles. The van der Waals surface area contributed by atoms with Crippen LogP contribution in [0.2, 0.25) is 5.02 Å². The summed E-state index contributed by atoms with van der Waals surface area (Å²) < 4.78 is 57.8. The number of aromatic hydroxyl groups is 1. The van der Waals surface area contributed by atoms with Gasteiger partial charge in [-0.25, -0.2) is 9.18 Å². The maximum absolute atomic E-state index is 13.5. The normalized spacial score (nSPS) is 12.1. The van der Waals surface area contributed by atoms with Crippen LogP contribution in [0.15, 0.2) is 84.9 Å². The van der Waals surface area contributed by atoms with E-state index in [1.165, 1.54) is 42.5 Å². The lowest BCUT2D eigenvalue weighted by atomic mass is 9.99. The number of hydrogen-bond donors (Lipinski definition) is 2. The Morgan fingerprint density at radius 2 is 1.52 bits per heavy atom. The van der Waals surface area contributed by atoms with Gasteiger partial charge in [0.2, 0.25) is 0 Å². The highest BCUT2D eigenvalue weighted by molar-refractivity contribution is 6.31. The summed E-state index contributed by atoms with van der Waals surface area (Å²) in [4.78, 5) is 25.6. The zero-order valence-corrected chi connectivity index (χ0v) is 21.7. The molecule has 40 heavy (non-hydrogen) atoms. The van der Waals surface area contributed by atoms with Crippen molar-refractivity contribution in [3.05, 3.63) is 112 Å². The molecule has 0 radical (unpaired) electrons. The molecule has 4 aromatic carbocycles. The first-order chi connectivity index (χ1) is 19.0. The van der Waals surface area contributed by atoms with Crippen molar-refractivity contribution < 1.29 is 37.0 Å². The fraction of sp³-hybridized carbons (Fsp3) is 0.133. The highest BCUT2D eigenvalue weighted by Gasteiger charge is 2.30. The lowest BCUT2D eigenvalue weighted by Gasteiger charge is -2.18. The minimum atomic E-state index is -4.55. The number of nitrogens with one attached hydrogen (secondary N) is 1. The highest BCUT2D eigenvalue weighted by Crippen LogP contribution is 2.33. The van der Waals surface area contributed by atoms with Crippen LogP contribution in [0.5, 0.6) is 5.75 Å². The van der Waals surface area contributed by atoms with Gasteiger partial charge in [0.1, 0.15) is 17.6 Å².